The first-order valence-electron chi connectivity index (χ1n) is 10.00. The molecule has 7 nitrogen and oxygen atoms in total. The Morgan fingerprint density at radius 1 is 0.909 bits per heavy atom. The number of para-hydroxylation sites is 1. The van der Waals surface area contributed by atoms with Crippen LogP contribution in [-0.2, 0) is 26.1 Å². The second kappa shape index (κ2) is 10.6. The number of carbonyl (C=O) groups is 2. The number of rotatable bonds is 9. The summed E-state index contributed by atoms with van der Waals surface area (Å²) in [6.45, 7) is 3.68. The highest BCUT2D eigenvalue weighted by Gasteiger charge is 2.25. The van der Waals surface area contributed by atoms with E-state index in [9.17, 15) is 18.0 Å². The van der Waals surface area contributed by atoms with Crippen LogP contribution in [0.3, 0.4) is 0 Å². The molecule has 0 saturated heterocycles. The van der Waals surface area contributed by atoms with E-state index in [0.29, 0.717) is 16.8 Å². The highest BCUT2D eigenvalue weighted by molar-refractivity contribution is 7.92. The summed E-state index contributed by atoms with van der Waals surface area (Å²) in [5.74, 6) is -1.13. The van der Waals surface area contributed by atoms with Gasteiger partial charge in [-0.1, -0.05) is 42.5 Å². The van der Waals surface area contributed by atoms with E-state index in [2.05, 4.69) is 11.3 Å². The molecule has 3 aromatic carbocycles. The normalized spacial score (nSPS) is 10.8. The summed E-state index contributed by atoms with van der Waals surface area (Å²) < 4.78 is 37.7. The Morgan fingerprint density at radius 2 is 1.61 bits per heavy atom. The van der Waals surface area contributed by atoms with Gasteiger partial charge in [0.05, 0.1) is 35.4 Å². The molecule has 0 unspecified atom stereocenters. The number of benzene rings is 3. The molecule has 0 aromatic heterocycles. The van der Waals surface area contributed by atoms with Crippen LogP contribution < -0.4 is 4.31 Å². The van der Waals surface area contributed by atoms with Gasteiger partial charge in [-0.15, -0.1) is 6.58 Å². The van der Waals surface area contributed by atoms with E-state index in [0.717, 1.165) is 0 Å². The smallest absolute Gasteiger partial charge is 0.338 e. The molecule has 0 bridgehead atoms. The summed E-state index contributed by atoms with van der Waals surface area (Å²) in [5.41, 5.74) is 1.64. The fourth-order valence-electron chi connectivity index (χ4n) is 3.05. The number of hydrogen-bond acceptors (Lipinski definition) is 6. The molecule has 0 saturated carbocycles. The van der Waals surface area contributed by atoms with Crippen LogP contribution in [0.2, 0.25) is 0 Å². The molecule has 0 amide bonds. The average molecular weight is 466 g/mol. The molecule has 0 fully saturated rings. The number of esters is 2. The van der Waals surface area contributed by atoms with E-state index in [1.165, 1.54) is 41.8 Å². The van der Waals surface area contributed by atoms with Gasteiger partial charge in [-0.2, -0.15) is 0 Å². The Labute approximate surface area is 192 Å². The van der Waals surface area contributed by atoms with Gasteiger partial charge in [0.15, 0.2) is 0 Å². The standard InChI is InChI=1S/C25H23NO6S/c1-3-16-26(22-9-5-4-6-10-22)33(29,30)23-11-7-8-21(17-23)25(28)32-18-19-12-14-20(15-13-19)24(27)31-2/h3-15,17H,1,16,18H2,2H3. The van der Waals surface area contributed by atoms with Crippen LogP contribution in [-0.4, -0.2) is 34.0 Å². The maximum atomic E-state index is 13.3. The van der Waals surface area contributed by atoms with Crippen molar-refractivity contribution in [2.45, 2.75) is 11.5 Å². The van der Waals surface area contributed by atoms with Crippen LogP contribution in [0, 0.1) is 0 Å². The number of anilines is 1. The zero-order valence-corrected chi connectivity index (χ0v) is 18.8. The molecular weight excluding hydrogens is 442 g/mol. The highest BCUT2D eigenvalue weighted by atomic mass is 32.2. The minimum Gasteiger partial charge on any atom is -0.465 e. The quantitative estimate of drug-likeness (QED) is 0.347. The number of sulfonamides is 1. The van der Waals surface area contributed by atoms with Gasteiger partial charge in [-0.05, 0) is 48.0 Å². The summed E-state index contributed by atoms with van der Waals surface area (Å²) in [7, 11) is -2.65. The van der Waals surface area contributed by atoms with Crippen molar-refractivity contribution in [3.8, 4) is 0 Å². The van der Waals surface area contributed by atoms with Crippen molar-refractivity contribution in [3.63, 3.8) is 0 Å². The Bertz CT molecular complexity index is 1240. The third-order valence-corrected chi connectivity index (χ3v) is 6.53. The molecule has 3 aromatic rings. The van der Waals surface area contributed by atoms with Gasteiger partial charge < -0.3 is 9.47 Å². The van der Waals surface area contributed by atoms with Crippen molar-refractivity contribution >= 4 is 27.6 Å². The lowest BCUT2D eigenvalue weighted by Gasteiger charge is -2.23. The molecule has 0 atom stereocenters. The molecule has 0 aliphatic rings. The number of hydrogen-bond donors (Lipinski definition) is 0. The van der Waals surface area contributed by atoms with Gasteiger partial charge in [-0.3, -0.25) is 4.31 Å². The van der Waals surface area contributed by atoms with E-state index < -0.39 is 22.0 Å². The highest BCUT2D eigenvalue weighted by Crippen LogP contribution is 2.24. The van der Waals surface area contributed by atoms with E-state index in [1.807, 2.05) is 0 Å². The van der Waals surface area contributed by atoms with Crippen molar-refractivity contribution in [1.82, 2.24) is 0 Å². The molecule has 0 heterocycles. The molecule has 8 heteroatoms. The Balaban J connectivity index is 1.77. The van der Waals surface area contributed by atoms with Gasteiger partial charge in [0.1, 0.15) is 6.61 Å². The minimum absolute atomic E-state index is 0.0370. The minimum atomic E-state index is -3.94. The molecule has 0 spiro atoms. The van der Waals surface area contributed by atoms with E-state index in [4.69, 9.17) is 4.74 Å². The monoisotopic (exact) mass is 465 g/mol. The molecule has 170 valence electrons. The maximum absolute atomic E-state index is 13.3. The van der Waals surface area contributed by atoms with Crippen molar-refractivity contribution in [3.05, 3.63) is 108 Å². The van der Waals surface area contributed by atoms with Crippen LogP contribution in [0.4, 0.5) is 5.69 Å². The molecular formula is C25H23NO6S. The summed E-state index contributed by atoms with van der Waals surface area (Å²) in [5, 5.41) is 0. The summed E-state index contributed by atoms with van der Waals surface area (Å²) >= 11 is 0. The number of carbonyl (C=O) groups excluding carboxylic acids is 2. The maximum Gasteiger partial charge on any atom is 0.338 e. The van der Waals surface area contributed by atoms with E-state index in [-0.39, 0.29) is 23.6 Å². The van der Waals surface area contributed by atoms with Crippen molar-refractivity contribution in [2.24, 2.45) is 0 Å². The van der Waals surface area contributed by atoms with Crippen LogP contribution in [0.5, 0.6) is 0 Å². The topological polar surface area (TPSA) is 90.0 Å². The lowest BCUT2D eigenvalue weighted by atomic mass is 10.1. The van der Waals surface area contributed by atoms with Gasteiger partial charge in [0.2, 0.25) is 0 Å². The number of nitrogens with zero attached hydrogens (tertiary/aromatic N) is 1. The predicted molar refractivity (Wildman–Crippen MR) is 125 cm³/mol. The van der Waals surface area contributed by atoms with Crippen LogP contribution >= 0.6 is 0 Å². The molecule has 0 aliphatic heterocycles. The second-order valence-corrected chi connectivity index (χ2v) is 8.82. The lowest BCUT2D eigenvalue weighted by Crippen LogP contribution is -2.31. The fraction of sp³-hybridized carbons (Fsp3) is 0.120. The summed E-state index contributed by atoms with van der Waals surface area (Å²) in [6.07, 6.45) is 1.49. The number of ether oxygens (including phenoxy) is 2. The molecule has 0 aliphatic carbocycles. The molecule has 0 N–H and O–H groups in total. The Hall–Kier alpha value is -3.91. The van der Waals surface area contributed by atoms with E-state index >= 15 is 0 Å². The largest absolute Gasteiger partial charge is 0.465 e. The van der Waals surface area contributed by atoms with Crippen molar-refractivity contribution in [2.75, 3.05) is 18.0 Å². The van der Waals surface area contributed by atoms with Gasteiger partial charge in [0.25, 0.3) is 10.0 Å². The van der Waals surface area contributed by atoms with Gasteiger partial charge in [-0.25, -0.2) is 18.0 Å². The zero-order valence-electron chi connectivity index (χ0n) is 18.0. The first-order chi connectivity index (χ1) is 15.9. The van der Waals surface area contributed by atoms with Crippen LogP contribution in [0.15, 0.2) is 96.4 Å². The lowest BCUT2D eigenvalue weighted by molar-refractivity contribution is 0.0471. The fourth-order valence-corrected chi connectivity index (χ4v) is 4.53. The Kier molecular flexibility index (Phi) is 7.63. The Morgan fingerprint density at radius 3 is 2.24 bits per heavy atom. The zero-order chi connectivity index (χ0) is 23.8. The average Bonchev–Trinajstić information content (AvgIpc) is 2.86. The predicted octanol–water partition coefficient (Wildman–Crippen LogP) is 4.21. The van der Waals surface area contributed by atoms with Gasteiger partial charge >= 0.3 is 11.9 Å². The van der Waals surface area contributed by atoms with Crippen LogP contribution in [0.25, 0.3) is 0 Å². The van der Waals surface area contributed by atoms with Crippen molar-refractivity contribution < 1.29 is 27.5 Å². The summed E-state index contributed by atoms with van der Waals surface area (Å²) in [6, 6.07) is 20.8. The number of methoxy groups -OCH3 is 1. The first kappa shape index (κ1) is 23.7. The SMILES string of the molecule is C=CCN(c1ccccc1)S(=O)(=O)c1cccc(C(=O)OCc2ccc(C(=O)OC)cc2)c1. The second-order valence-electron chi connectivity index (χ2n) is 6.95. The molecule has 0 radical (unpaired) electrons. The summed E-state index contributed by atoms with van der Waals surface area (Å²) in [4.78, 5) is 24.0. The van der Waals surface area contributed by atoms with E-state index in [1.54, 1.807) is 54.6 Å². The third-order valence-electron chi connectivity index (χ3n) is 4.74. The van der Waals surface area contributed by atoms with Crippen LogP contribution in [0.1, 0.15) is 26.3 Å². The van der Waals surface area contributed by atoms with Crippen molar-refractivity contribution in [1.29, 1.82) is 0 Å². The van der Waals surface area contributed by atoms with Gasteiger partial charge in [0, 0.05) is 0 Å². The molecule has 3 rings (SSSR count). The first-order valence-corrected chi connectivity index (χ1v) is 11.4. The third kappa shape index (κ3) is 5.67. The molecule has 33 heavy (non-hydrogen) atoms.